The summed E-state index contributed by atoms with van der Waals surface area (Å²) in [6.07, 6.45) is 1.12. The largest absolute Gasteiger partial charge is 0.395 e. The summed E-state index contributed by atoms with van der Waals surface area (Å²) in [5, 5.41) is 25.1. The van der Waals surface area contributed by atoms with Gasteiger partial charge in [-0.05, 0) is 34.5 Å². The van der Waals surface area contributed by atoms with E-state index in [4.69, 9.17) is 5.11 Å². The number of nitrogens with one attached hydrogen (secondary N) is 2. The fraction of sp³-hybridized carbons (Fsp3) is 0.176. The third-order valence-corrected chi connectivity index (χ3v) is 4.99. The quantitative estimate of drug-likeness (QED) is 0.565. The summed E-state index contributed by atoms with van der Waals surface area (Å²) in [4.78, 5) is 12.0. The van der Waals surface area contributed by atoms with Gasteiger partial charge in [0.1, 0.15) is 0 Å². The molecular formula is C17H17N5O4S. The van der Waals surface area contributed by atoms with Crippen molar-refractivity contribution in [3.63, 3.8) is 0 Å². The Kier molecular flexibility index (Phi) is 5.28. The first-order valence-electron chi connectivity index (χ1n) is 7.98. The van der Waals surface area contributed by atoms with Crippen LogP contribution < -0.4 is 5.32 Å². The van der Waals surface area contributed by atoms with E-state index in [9.17, 15) is 13.2 Å². The second kappa shape index (κ2) is 7.64. The molecule has 0 radical (unpaired) electrons. The molecule has 0 fully saturated rings. The van der Waals surface area contributed by atoms with Crippen LogP contribution in [0.5, 0.6) is 0 Å². The molecule has 0 bridgehead atoms. The zero-order valence-electron chi connectivity index (χ0n) is 14.4. The summed E-state index contributed by atoms with van der Waals surface area (Å²) in [7, 11) is -3.53. The van der Waals surface area contributed by atoms with Crippen LogP contribution in [0.25, 0.3) is 22.5 Å². The van der Waals surface area contributed by atoms with E-state index in [1.54, 1.807) is 36.4 Å². The molecule has 10 heteroatoms. The van der Waals surface area contributed by atoms with Crippen LogP contribution in [0.3, 0.4) is 0 Å². The maximum atomic E-state index is 12.2. The van der Waals surface area contributed by atoms with Crippen LogP contribution in [0.2, 0.25) is 0 Å². The van der Waals surface area contributed by atoms with Crippen molar-refractivity contribution >= 4 is 15.7 Å². The number of nitrogens with zero attached hydrogens (tertiary/aromatic N) is 3. The Balaban J connectivity index is 2.08. The zero-order chi connectivity index (χ0) is 19.4. The fourth-order valence-electron chi connectivity index (χ4n) is 2.65. The number of rotatable bonds is 6. The number of H-pyrrole nitrogens is 1. The summed E-state index contributed by atoms with van der Waals surface area (Å²) < 4.78 is 24.4. The summed E-state index contributed by atoms with van der Waals surface area (Å²) in [6.45, 7) is 0.0230. The van der Waals surface area contributed by atoms with E-state index < -0.39 is 9.84 Å². The standard InChI is InChI=1S/C17H17N5O4S/c1-27(25,26)14-4-2-3-13(15(14)16-19-21-22-20-16)11-5-7-12(8-6-11)17(24)18-9-10-23/h2-8,23H,9-10H2,1H3,(H,18,24)(H,19,20,21,22). The summed E-state index contributed by atoms with van der Waals surface area (Å²) in [5.41, 5.74) is 2.06. The molecule has 3 N–H and O–H groups in total. The first-order chi connectivity index (χ1) is 12.9. The molecule has 0 atom stereocenters. The van der Waals surface area contributed by atoms with E-state index in [1.807, 2.05) is 0 Å². The van der Waals surface area contributed by atoms with Crippen LogP contribution >= 0.6 is 0 Å². The molecule has 0 unspecified atom stereocenters. The minimum atomic E-state index is -3.53. The molecule has 3 aromatic rings. The summed E-state index contributed by atoms with van der Waals surface area (Å²) in [5.74, 6) is -0.144. The lowest BCUT2D eigenvalue weighted by molar-refractivity contribution is 0.0945. The Morgan fingerprint density at radius 3 is 2.52 bits per heavy atom. The fourth-order valence-corrected chi connectivity index (χ4v) is 3.55. The van der Waals surface area contributed by atoms with Gasteiger partial charge in [0.25, 0.3) is 5.91 Å². The minimum Gasteiger partial charge on any atom is -0.395 e. The number of carbonyl (C=O) groups is 1. The van der Waals surface area contributed by atoms with Crippen molar-refractivity contribution in [1.29, 1.82) is 0 Å². The van der Waals surface area contributed by atoms with Gasteiger partial charge in [0.15, 0.2) is 9.84 Å². The monoisotopic (exact) mass is 387 g/mol. The molecule has 27 heavy (non-hydrogen) atoms. The SMILES string of the molecule is CS(=O)(=O)c1cccc(-c2ccc(C(=O)NCCO)cc2)c1-c1nn[nH]n1. The molecule has 0 aliphatic rings. The number of sulfone groups is 1. The van der Waals surface area contributed by atoms with E-state index in [0.29, 0.717) is 22.3 Å². The maximum absolute atomic E-state index is 12.2. The Morgan fingerprint density at radius 2 is 1.93 bits per heavy atom. The predicted octanol–water partition coefficient (Wildman–Crippen LogP) is 0.659. The lowest BCUT2D eigenvalue weighted by Gasteiger charge is -2.12. The topological polar surface area (TPSA) is 138 Å². The average Bonchev–Trinajstić information content (AvgIpc) is 3.19. The molecule has 0 spiro atoms. The third kappa shape index (κ3) is 4.01. The van der Waals surface area contributed by atoms with E-state index in [2.05, 4.69) is 25.9 Å². The van der Waals surface area contributed by atoms with Crippen LogP contribution in [0.15, 0.2) is 47.4 Å². The van der Waals surface area contributed by atoms with E-state index in [0.717, 1.165) is 6.26 Å². The number of tetrazole rings is 1. The average molecular weight is 387 g/mol. The molecule has 0 aliphatic heterocycles. The number of benzene rings is 2. The number of aromatic nitrogens is 4. The van der Waals surface area contributed by atoms with Gasteiger partial charge in [0.05, 0.1) is 11.5 Å². The maximum Gasteiger partial charge on any atom is 0.251 e. The van der Waals surface area contributed by atoms with E-state index >= 15 is 0 Å². The number of hydrogen-bond acceptors (Lipinski definition) is 7. The molecule has 140 valence electrons. The number of aromatic amines is 1. The van der Waals surface area contributed by atoms with E-state index in [1.165, 1.54) is 6.07 Å². The number of amides is 1. The number of carbonyl (C=O) groups excluding carboxylic acids is 1. The molecule has 1 aromatic heterocycles. The van der Waals surface area contributed by atoms with Crippen molar-refractivity contribution in [2.24, 2.45) is 0 Å². The molecule has 0 saturated heterocycles. The molecule has 1 amide bonds. The number of aliphatic hydroxyl groups excluding tert-OH is 1. The van der Waals surface area contributed by atoms with Crippen molar-refractivity contribution in [1.82, 2.24) is 25.9 Å². The van der Waals surface area contributed by atoms with Crippen LogP contribution in [0.1, 0.15) is 10.4 Å². The van der Waals surface area contributed by atoms with Crippen LogP contribution in [-0.4, -0.2) is 59.5 Å². The van der Waals surface area contributed by atoms with Gasteiger partial charge in [-0.1, -0.05) is 24.3 Å². The van der Waals surface area contributed by atoms with Gasteiger partial charge in [-0.3, -0.25) is 4.79 Å². The van der Waals surface area contributed by atoms with Gasteiger partial charge >= 0.3 is 0 Å². The Labute approximate surface area is 155 Å². The highest BCUT2D eigenvalue weighted by Gasteiger charge is 2.22. The van der Waals surface area contributed by atoms with Gasteiger partial charge in [0, 0.05) is 23.9 Å². The molecule has 2 aromatic carbocycles. The smallest absolute Gasteiger partial charge is 0.251 e. The molecule has 1 heterocycles. The van der Waals surface area contributed by atoms with Crippen molar-refractivity contribution in [2.75, 3.05) is 19.4 Å². The highest BCUT2D eigenvalue weighted by molar-refractivity contribution is 7.90. The van der Waals surface area contributed by atoms with Gasteiger partial charge in [-0.2, -0.15) is 5.21 Å². The molecule has 0 saturated carbocycles. The highest BCUT2D eigenvalue weighted by Crippen LogP contribution is 2.35. The molecule has 9 nitrogen and oxygen atoms in total. The van der Waals surface area contributed by atoms with Crippen LogP contribution in [0.4, 0.5) is 0 Å². The Bertz CT molecular complexity index is 1050. The first-order valence-corrected chi connectivity index (χ1v) is 9.87. The first kappa shape index (κ1) is 18.7. The highest BCUT2D eigenvalue weighted by atomic mass is 32.2. The predicted molar refractivity (Wildman–Crippen MR) is 97.6 cm³/mol. The third-order valence-electron chi connectivity index (χ3n) is 3.85. The van der Waals surface area contributed by atoms with Crippen molar-refractivity contribution < 1.29 is 18.3 Å². The molecule has 3 rings (SSSR count). The lowest BCUT2D eigenvalue weighted by Crippen LogP contribution is -2.26. The summed E-state index contributed by atoms with van der Waals surface area (Å²) >= 11 is 0. The normalized spacial score (nSPS) is 11.3. The Morgan fingerprint density at radius 1 is 1.19 bits per heavy atom. The molecular weight excluding hydrogens is 370 g/mol. The lowest BCUT2D eigenvalue weighted by atomic mass is 9.98. The van der Waals surface area contributed by atoms with E-state index in [-0.39, 0.29) is 29.8 Å². The van der Waals surface area contributed by atoms with Gasteiger partial charge in [0.2, 0.25) is 5.82 Å². The minimum absolute atomic E-state index is 0.0890. The Hall–Kier alpha value is -3.11. The van der Waals surface area contributed by atoms with Crippen LogP contribution in [0, 0.1) is 0 Å². The zero-order valence-corrected chi connectivity index (χ0v) is 15.2. The second-order valence-corrected chi connectivity index (χ2v) is 7.73. The van der Waals surface area contributed by atoms with Crippen LogP contribution in [-0.2, 0) is 9.84 Å². The second-order valence-electron chi connectivity index (χ2n) is 5.74. The number of aliphatic hydroxyl groups is 1. The van der Waals surface area contributed by atoms with Gasteiger partial charge < -0.3 is 10.4 Å². The van der Waals surface area contributed by atoms with Crippen molar-refractivity contribution in [3.8, 4) is 22.5 Å². The van der Waals surface area contributed by atoms with Crippen molar-refractivity contribution in [2.45, 2.75) is 4.90 Å². The summed E-state index contributed by atoms with van der Waals surface area (Å²) in [6, 6.07) is 11.5. The van der Waals surface area contributed by atoms with Gasteiger partial charge in [-0.25, -0.2) is 8.42 Å². The molecule has 0 aliphatic carbocycles. The van der Waals surface area contributed by atoms with Gasteiger partial charge in [-0.15, -0.1) is 10.2 Å². The van der Waals surface area contributed by atoms with Crippen molar-refractivity contribution in [3.05, 3.63) is 48.0 Å². The number of hydrogen-bond donors (Lipinski definition) is 3.